The van der Waals surface area contributed by atoms with E-state index in [1.54, 1.807) is 13.0 Å². The first-order chi connectivity index (χ1) is 9.99. The Hall–Kier alpha value is -1.18. The molecule has 1 radical (unpaired) electrons. The molecule has 0 atom stereocenters. The summed E-state index contributed by atoms with van der Waals surface area (Å²) in [5.74, 6) is -0.841. The Morgan fingerprint density at radius 3 is 2.82 bits per heavy atom. The van der Waals surface area contributed by atoms with Crippen molar-refractivity contribution < 1.29 is 45.7 Å². The zero-order valence-electron chi connectivity index (χ0n) is 11.2. The van der Waals surface area contributed by atoms with E-state index in [4.69, 9.17) is 11.6 Å². The van der Waals surface area contributed by atoms with Crippen molar-refractivity contribution in [2.24, 2.45) is 0 Å². The average Bonchev–Trinajstić information content (AvgIpc) is 2.43. The van der Waals surface area contributed by atoms with Gasteiger partial charge in [0.15, 0.2) is 16.6 Å². The number of H-pyrrole nitrogens is 1. The summed E-state index contributed by atoms with van der Waals surface area (Å²) in [6.07, 6.45) is 4.17. The first-order valence-electron chi connectivity index (χ1n) is 5.84. The number of halogens is 2. The van der Waals surface area contributed by atoms with E-state index in [1.807, 2.05) is 0 Å². The second-order valence-corrected chi connectivity index (χ2v) is 4.67. The van der Waals surface area contributed by atoms with Crippen molar-refractivity contribution in [3.8, 4) is 5.69 Å². The van der Waals surface area contributed by atoms with Crippen LogP contribution >= 0.6 is 11.6 Å². The molecule has 0 saturated carbocycles. The van der Waals surface area contributed by atoms with E-state index >= 15 is 0 Å². The maximum atomic E-state index is 13.5. The van der Waals surface area contributed by atoms with Gasteiger partial charge in [-0.25, -0.2) is 14.2 Å². The van der Waals surface area contributed by atoms with Gasteiger partial charge in [0.1, 0.15) is 0 Å². The summed E-state index contributed by atoms with van der Waals surface area (Å²) in [4.78, 5) is 33.6. The molecule has 3 rings (SSSR count). The fraction of sp³-hybridized carbons (Fsp3) is 0.0769. The first kappa shape index (κ1) is 17.2. The molecule has 3 heterocycles. The Balaban J connectivity index is 0.00000176. The van der Waals surface area contributed by atoms with Crippen molar-refractivity contribution in [1.29, 1.82) is 0 Å². The fourth-order valence-corrected chi connectivity index (χ4v) is 2.09. The van der Waals surface area contributed by atoms with Gasteiger partial charge >= 0.3 is 5.69 Å². The molecule has 0 spiro atoms. The smallest absolute Gasteiger partial charge is 0.332 e. The van der Waals surface area contributed by atoms with Crippen LogP contribution in [0.3, 0.4) is 0 Å². The van der Waals surface area contributed by atoms with E-state index in [1.165, 1.54) is 6.20 Å². The summed E-state index contributed by atoms with van der Waals surface area (Å²) in [6.45, 7) is 1.74. The molecule has 0 unspecified atom stereocenters. The predicted molar refractivity (Wildman–Crippen MR) is 74.3 cm³/mol. The monoisotopic (exact) mass is 446 g/mol. The number of aryl methyl sites for hydroxylation is 1. The predicted octanol–water partition coefficient (Wildman–Crippen LogP) is 1.37. The van der Waals surface area contributed by atoms with Gasteiger partial charge in [0.05, 0.1) is 5.39 Å². The first-order valence-corrected chi connectivity index (χ1v) is 6.21. The molecule has 0 aromatic carbocycles. The van der Waals surface area contributed by atoms with Gasteiger partial charge in [-0.3, -0.25) is 14.3 Å². The maximum absolute atomic E-state index is 13.5. The normalized spacial score (nSPS) is 10.5. The van der Waals surface area contributed by atoms with Gasteiger partial charge in [0, 0.05) is 41.3 Å². The van der Waals surface area contributed by atoms with E-state index in [0.717, 1.165) is 10.6 Å². The van der Waals surface area contributed by atoms with Crippen molar-refractivity contribution in [1.82, 2.24) is 19.5 Å². The van der Waals surface area contributed by atoms with Crippen LogP contribution in [0.25, 0.3) is 16.7 Å². The van der Waals surface area contributed by atoms with E-state index < -0.39 is 22.2 Å². The third-order valence-corrected chi connectivity index (χ3v) is 3.22. The number of pyridine rings is 2. The number of rotatable bonds is 1. The van der Waals surface area contributed by atoms with E-state index in [-0.39, 0.29) is 52.3 Å². The summed E-state index contributed by atoms with van der Waals surface area (Å²) in [5, 5.41) is -0.518. The average molecular weight is 447 g/mol. The van der Waals surface area contributed by atoms with Crippen LogP contribution in [-0.2, 0) is 0 Å². The van der Waals surface area contributed by atoms with Crippen molar-refractivity contribution in [3.63, 3.8) is 0 Å². The van der Waals surface area contributed by atoms with Crippen LogP contribution in [0.4, 0.5) is 4.39 Å². The van der Waals surface area contributed by atoms with Crippen molar-refractivity contribution in [2.75, 3.05) is 0 Å². The summed E-state index contributed by atoms with van der Waals surface area (Å²) in [6, 6.07) is 2.60. The topological polar surface area (TPSA) is 80.6 Å². The molecule has 0 fully saturated rings. The third-order valence-electron chi connectivity index (χ3n) is 2.96. The number of aromatic nitrogens is 4. The molecule has 0 bridgehead atoms. The zero-order valence-corrected chi connectivity index (χ0v) is 15.7. The Kier molecular flexibility index (Phi) is 5.09. The molecular formula is C13H7ClFN4O2Pr-. The van der Waals surface area contributed by atoms with E-state index in [9.17, 15) is 14.0 Å². The molecule has 3 aromatic heterocycles. The van der Waals surface area contributed by atoms with E-state index in [2.05, 4.69) is 21.1 Å². The Morgan fingerprint density at radius 1 is 1.41 bits per heavy atom. The maximum Gasteiger partial charge on any atom is 0.332 e. The number of fused-ring (bicyclic) bond motifs is 1. The second-order valence-electron chi connectivity index (χ2n) is 4.32. The third kappa shape index (κ3) is 2.85. The number of aromatic amines is 1. The molecule has 22 heavy (non-hydrogen) atoms. The standard InChI is InChI=1S/C13H7ClFN4O2.Pr/c1-6-2-3-16-5-9(6)19-11-7(12(20)18-13(19)21)4-8(15)10(14)17-11;/h2-4H,1H3,(H,18,20,21);/q-1;. The van der Waals surface area contributed by atoms with Crippen molar-refractivity contribution in [3.05, 3.63) is 61.9 Å². The molecule has 0 aliphatic rings. The Morgan fingerprint density at radius 2 is 2.14 bits per heavy atom. The summed E-state index contributed by atoms with van der Waals surface area (Å²) in [5.41, 5.74) is -0.532. The molecule has 6 nitrogen and oxygen atoms in total. The molecule has 0 aliphatic heterocycles. The van der Waals surface area contributed by atoms with Crippen molar-refractivity contribution in [2.45, 2.75) is 6.92 Å². The van der Waals surface area contributed by atoms with Crippen molar-refractivity contribution >= 4 is 22.6 Å². The van der Waals surface area contributed by atoms with Gasteiger partial charge in [-0.2, -0.15) is 6.07 Å². The van der Waals surface area contributed by atoms with Crippen LogP contribution in [0, 0.1) is 60.2 Å². The summed E-state index contributed by atoms with van der Waals surface area (Å²) >= 11 is 5.65. The van der Waals surface area contributed by atoms with Gasteiger partial charge in [-0.1, -0.05) is 30.9 Å². The zero-order chi connectivity index (χ0) is 15.1. The molecule has 0 saturated heterocycles. The number of nitrogens with zero attached hydrogens (tertiary/aromatic N) is 3. The van der Waals surface area contributed by atoms with Crippen LogP contribution in [0.2, 0.25) is 5.15 Å². The molecule has 3 aromatic rings. The van der Waals surface area contributed by atoms with Gasteiger partial charge in [-0.05, 0) is 11.8 Å². The largest absolute Gasteiger partial charge is 0.392 e. The van der Waals surface area contributed by atoms with Crippen LogP contribution < -0.4 is 11.2 Å². The number of nitrogens with one attached hydrogen (secondary N) is 1. The Labute approximate surface area is 161 Å². The molecule has 9 heteroatoms. The summed E-state index contributed by atoms with van der Waals surface area (Å²) < 4.78 is 14.6. The SMILES string of the molecule is Cc1ccn[c-]c1-n1c(=O)[nH]c(=O)c2cc(F)c(Cl)nc21.[Pr]. The Bertz CT molecular complexity index is 986. The van der Waals surface area contributed by atoms with Gasteiger partial charge in [0.2, 0.25) is 0 Å². The van der Waals surface area contributed by atoms with Gasteiger partial charge in [-0.15, -0.1) is 5.56 Å². The number of hydrogen-bond acceptors (Lipinski definition) is 4. The van der Waals surface area contributed by atoms with Crippen LogP contribution in [0.5, 0.6) is 0 Å². The molecule has 109 valence electrons. The molecule has 1 N–H and O–H groups in total. The van der Waals surface area contributed by atoms with E-state index in [0.29, 0.717) is 11.3 Å². The minimum absolute atomic E-state index is 0. The van der Waals surface area contributed by atoms with Gasteiger partial charge < -0.3 is 4.98 Å². The molecular weight excluding hydrogens is 440 g/mol. The van der Waals surface area contributed by atoms with Crippen LogP contribution in [-0.4, -0.2) is 19.5 Å². The van der Waals surface area contributed by atoms with Crippen LogP contribution in [0.15, 0.2) is 27.9 Å². The quantitative estimate of drug-likeness (QED) is 0.452. The van der Waals surface area contributed by atoms with Crippen LogP contribution in [0.1, 0.15) is 5.56 Å². The second kappa shape index (κ2) is 6.52. The van der Waals surface area contributed by atoms with Gasteiger partial charge in [0.25, 0.3) is 5.56 Å². The summed E-state index contributed by atoms with van der Waals surface area (Å²) in [7, 11) is 0. The molecule has 0 aliphatic carbocycles. The fourth-order valence-electron chi connectivity index (χ4n) is 1.96. The number of hydrogen-bond donors (Lipinski definition) is 1. The minimum Gasteiger partial charge on any atom is -0.392 e. The minimum atomic E-state index is -0.841. The molecule has 0 amide bonds.